The lowest BCUT2D eigenvalue weighted by atomic mass is 10.1. The van der Waals surface area contributed by atoms with Crippen molar-refractivity contribution in [3.05, 3.63) is 78.1 Å². The molecule has 0 spiro atoms. The van der Waals surface area contributed by atoms with E-state index in [1.54, 1.807) is 6.20 Å². The molecule has 0 aliphatic carbocycles. The van der Waals surface area contributed by atoms with Gasteiger partial charge in [0.1, 0.15) is 5.69 Å². The van der Waals surface area contributed by atoms with Gasteiger partial charge in [-0.3, -0.25) is 9.78 Å². The van der Waals surface area contributed by atoms with Crippen molar-refractivity contribution in [3.63, 3.8) is 0 Å². The van der Waals surface area contributed by atoms with E-state index in [1.807, 2.05) is 60.7 Å². The van der Waals surface area contributed by atoms with Crippen molar-refractivity contribution in [2.75, 3.05) is 6.54 Å². The summed E-state index contributed by atoms with van der Waals surface area (Å²) in [6.07, 6.45) is 1.50. The second-order valence-electron chi connectivity index (χ2n) is 5.43. The lowest BCUT2D eigenvalue weighted by molar-refractivity contribution is 0.0913. The monoisotopic (exact) mass is 306 g/mol. The average molecular weight is 306 g/mol. The fourth-order valence-electron chi connectivity index (χ4n) is 2.55. The van der Waals surface area contributed by atoms with Crippen molar-refractivity contribution in [2.24, 2.45) is 0 Å². The zero-order chi connectivity index (χ0) is 16.1. The minimum absolute atomic E-state index is 0.193. The van der Waals surface area contributed by atoms with Gasteiger partial charge in [-0.1, -0.05) is 54.6 Å². The van der Waals surface area contributed by atoms with E-state index in [0.717, 1.165) is 16.3 Å². The highest BCUT2D eigenvalue weighted by molar-refractivity contribution is 6.05. The Bertz CT molecular complexity index is 797. The molecule has 2 N–H and O–H groups in total. The molecule has 23 heavy (non-hydrogen) atoms. The van der Waals surface area contributed by atoms with Crippen molar-refractivity contribution in [1.82, 2.24) is 10.3 Å². The minimum Gasteiger partial charge on any atom is -0.391 e. The number of carbonyl (C=O) groups excluding carboxylic acids is 1. The van der Waals surface area contributed by atoms with E-state index >= 15 is 0 Å². The number of pyridine rings is 1. The number of aliphatic hydroxyl groups is 1. The molecular formula is C19H18N2O2. The number of nitrogens with zero attached hydrogens (tertiary/aromatic N) is 1. The van der Waals surface area contributed by atoms with Crippen LogP contribution in [0.2, 0.25) is 0 Å². The van der Waals surface area contributed by atoms with Gasteiger partial charge in [0.2, 0.25) is 0 Å². The summed E-state index contributed by atoms with van der Waals surface area (Å²) >= 11 is 0. The first kappa shape index (κ1) is 15.2. The van der Waals surface area contributed by atoms with E-state index in [9.17, 15) is 9.90 Å². The highest BCUT2D eigenvalue weighted by Gasteiger charge is 2.13. The Morgan fingerprint density at radius 1 is 1.04 bits per heavy atom. The Balaban J connectivity index is 1.65. The number of hydrogen-bond acceptors (Lipinski definition) is 3. The van der Waals surface area contributed by atoms with Gasteiger partial charge in [-0.2, -0.15) is 0 Å². The molecule has 116 valence electrons. The van der Waals surface area contributed by atoms with Crippen LogP contribution in [0, 0.1) is 0 Å². The molecule has 3 aromatic rings. The summed E-state index contributed by atoms with van der Waals surface area (Å²) in [7, 11) is 0. The van der Waals surface area contributed by atoms with Gasteiger partial charge >= 0.3 is 0 Å². The summed E-state index contributed by atoms with van der Waals surface area (Å²) in [6.45, 7) is 0.193. The quantitative estimate of drug-likeness (QED) is 0.761. The normalized spacial score (nSPS) is 12.0. The van der Waals surface area contributed by atoms with E-state index in [4.69, 9.17) is 0 Å². The maximum atomic E-state index is 12.3. The summed E-state index contributed by atoms with van der Waals surface area (Å²) in [5, 5.41) is 14.6. The highest BCUT2D eigenvalue weighted by atomic mass is 16.3. The molecule has 0 bridgehead atoms. The lowest BCUT2D eigenvalue weighted by Crippen LogP contribution is -2.33. The molecule has 1 heterocycles. The van der Waals surface area contributed by atoms with Crippen molar-refractivity contribution in [2.45, 2.75) is 12.5 Å². The zero-order valence-electron chi connectivity index (χ0n) is 12.6. The van der Waals surface area contributed by atoms with Gasteiger partial charge in [-0.25, -0.2) is 0 Å². The third-order valence-electron chi connectivity index (χ3n) is 3.70. The number of hydrogen-bond donors (Lipinski definition) is 2. The molecule has 0 saturated heterocycles. The SMILES string of the molecule is O=C(NCC(O)Cc1ccccc1)c1nccc2ccccc12. The van der Waals surface area contributed by atoms with Crippen LogP contribution in [0.1, 0.15) is 16.1 Å². The van der Waals surface area contributed by atoms with Crippen molar-refractivity contribution in [3.8, 4) is 0 Å². The van der Waals surface area contributed by atoms with Gasteiger partial charge in [0.25, 0.3) is 5.91 Å². The molecule has 1 unspecified atom stereocenters. The number of amides is 1. The van der Waals surface area contributed by atoms with Crippen LogP contribution in [0.15, 0.2) is 66.9 Å². The number of carbonyl (C=O) groups is 1. The molecule has 4 heteroatoms. The molecule has 0 fully saturated rings. The van der Waals surface area contributed by atoms with Crippen LogP contribution in [-0.4, -0.2) is 28.6 Å². The Labute approximate surface area is 134 Å². The molecule has 0 aliphatic rings. The number of fused-ring (bicyclic) bond motifs is 1. The predicted molar refractivity (Wildman–Crippen MR) is 90.2 cm³/mol. The van der Waals surface area contributed by atoms with Gasteiger partial charge in [-0.05, 0) is 17.0 Å². The summed E-state index contributed by atoms with van der Waals surface area (Å²) < 4.78 is 0. The maximum absolute atomic E-state index is 12.3. The molecule has 0 radical (unpaired) electrons. The van der Waals surface area contributed by atoms with Crippen LogP contribution < -0.4 is 5.32 Å². The van der Waals surface area contributed by atoms with E-state index in [2.05, 4.69) is 10.3 Å². The Morgan fingerprint density at radius 2 is 1.78 bits per heavy atom. The largest absolute Gasteiger partial charge is 0.391 e. The number of aliphatic hydroxyl groups excluding tert-OH is 1. The van der Waals surface area contributed by atoms with Gasteiger partial charge in [-0.15, -0.1) is 0 Å². The maximum Gasteiger partial charge on any atom is 0.270 e. The summed E-state index contributed by atoms with van der Waals surface area (Å²) in [5.41, 5.74) is 1.42. The van der Waals surface area contributed by atoms with Gasteiger partial charge < -0.3 is 10.4 Å². The molecule has 3 rings (SSSR count). The zero-order valence-corrected chi connectivity index (χ0v) is 12.6. The van der Waals surface area contributed by atoms with Crippen molar-refractivity contribution in [1.29, 1.82) is 0 Å². The smallest absolute Gasteiger partial charge is 0.270 e. The molecule has 1 atom stereocenters. The molecule has 2 aromatic carbocycles. The van der Waals surface area contributed by atoms with E-state index < -0.39 is 6.10 Å². The second kappa shape index (κ2) is 7.03. The number of nitrogens with one attached hydrogen (secondary N) is 1. The van der Waals surface area contributed by atoms with Crippen LogP contribution in [0.4, 0.5) is 0 Å². The Kier molecular flexibility index (Phi) is 4.64. The Morgan fingerprint density at radius 3 is 2.61 bits per heavy atom. The van der Waals surface area contributed by atoms with Crippen LogP contribution in [0.3, 0.4) is 0 Å². The number of rotatable bonds is 5. The summed E-state index contributed by atoms with van der Waals surface area (Å²) in [5.74, 6) is -0.270. The molecule has 0 saturated carbocycles. The van der Waals surface area contributed by atoms with Crippen LogP contribution in [0.5, 0.6) is 0 Å². The standard InChI is InChI=1S/C19H18N2O2/c22-16(12-14-6-2-1-3-7-14)13-21-19(23)18-17-9-5-4-8-15(17)10-11-20-18/h1-11,16,22H,12-13H2,(H,21,23). The van der Waals surface area contributed by atoms with Crippen LogP contribution in [-0.2, 0) is 6.42 Å². The van der Waals surface area contributed by atoms with Crippen molar-refractivity contribution < 1.29 is 9.90 Å². The first-order chi connectivity index (χ1) is 11.2. The number of aromatic nitrogens is 1. The first-order valence-corrected chi connectivity index (χ1v) is 7.58. The fourth-order valence-corrected chi connectivity index (χ4v) is 2.55. The molecule has 4 nitrogen and oxygen atoms in total. The molecular weight excluding hydrogens is 288 g/mol. The third-order valence-corrected chi connectivity index (χ3v) is 3.70. The van der Waals surface area contributed by atoms with E-state index in [-0.39, 0.29) is 12.5 Å². The highest BCUT2D eigenvalue weighted by Crippen LogP contribution is 2.16. The third kappa shape index (κ3) is 3.73. The van der Waals surface area contributed by atoms with E-state index in [0.29, 0.717) is 12.1 Å². The average Bonchev–Trinajstić information content (AvgIpc) is 2.60. The first-order valence-electron chi connectivity index (χ1n) is 7.58. The Hall–Kier alpha value is -2.72. The van der Waals surface area contributed by atoms with Crippen LogP contribution in [0.25, 0.3) is 10.8 Å². The summed E-state index contributed by atoms with van der Waals surface area (Å²) in [6, 6.07) is 19.2. The van der Waals surface area contributed by atoms with Crippen molar-refractivity contribution >= 4 is 16.7 Å². The summed E-state index contributed by atoms with van der Waals surface area (Å²) in [4.78, 5) is 16.5. The fraction of sp³-hybridized carbons (Fsp3) is 0.158. The molecule has 1 amide bonds. The second-order valence-corrected chi connectivity index (χ2v) is 5.43. The molecule has 1 aromatic heterocycles. The number of benzene rings is 2. The van der Waals surface area contributed by atoms with Gasteiger partial charge in [0, 0.05) is 24.5 Å². The van der Waals surface area contributed by atoms with Crippen LogP contribution >= 0.6 is 0 Å². The topological polar surface area (TPSA) is 62.2 Å². The minimum atomic E-state index is -0.628. The van der Waals surface area contributed by atoms with Gasteiger partial charge in [0.15, 0.2) is 0 Å². The van der Waals surface area contributed by atoms with E-state index in [1.165, 1.54) is 0 Å². The lowest BCUT2D eigenvalue weighted by Gasteiger charge is -2.12. The van der Waals surface area contributed by atoms with Gasteiger partial charge in [0.05, 0.1) is 6.10 Å². The molecule has 0 aliphatic heterocycles. The predicted octanol–water partition coefficient (Wildman–Crippen LogP) is 2.57.